The monoisotopic (exact) mass is 305 g/mol. The van der Waals surface area contributed by atoms with Crippen molar-refractivity contribution in [3.63, 3.8) is 0 Å². The molecule has 0 atom stereocenters. The molecule has 0 fully saturated rings. The number of aryl methyl sites for hydroxylation is 1. The Balaban J connectivity index is 2.12. The van der Waals surface area contributed by atoms with Crippen LogP contribution >= 0.6 is 0 Å². The van der Waals surface area contributed by atoms with Gasteiger partial charge in [0.05, 0.1) is 17.3 Å². The summed E-state index contributed by atoms with van der Waals surface area (Å²) in [5.74, 6) is 0.0609. The Morgan fingerprint density at radius 1 is 1.41 bits per heavy atom. The van der Waals surface area contributed by atoms with E-state index in [2.05, 4.69) is 10.4 Å². The van der Waals surface area contributed by atoms with Gasteiger partial charge in [0.15, 0.2) is 0 Å². The maximum atomic E-state index is 12.0. The Hall–Kier alpha value is -2.97. The van der Waals surface area contributed by atoms with Gasteiger partial charge in [-0.2, -0.15) is 5.10 Å². The fraction of sp³-hybridized carbons (Fsp3) is 0.308. The molecule has 1 amide bonds. The molecular formula is C13H15N5O4. The Morgan fingerprint density at radius 3 is 2.86 bits per heavy atom. The summed E-state index contributed by atoms with van der Waals surface area (Å²) < 4.78 is 2.63. The number of hydrogen-bond donors (Lipinski definition) is 1. The molecule has 1 N–H and O–H groups in total. The van der Waals surface area contributed by atoms with Crippen molar-refractivity contribution in [2.75, 3.05) is 5.32 Å². The third-order valence-electron chi connectivity index (χ3n) is 2.91. The first-order valence-electron chi connectivity index (χ1n) is 6.68. The molecule has 0 bridgehead atoms. The number of rotatable bonds is 6. The average Bonchev–Trinajstić information content (AvgIpc) is 2.88. The second-order valence-corrected chi connectivity index (χ2v) is 4.60. The number of carbonyl (C=O) groups excluding carboxylic acids is 1. The van der Waals surface area contributed by atoms with Crippen molar-refractivity contribution in [1.29, 1.82) is 0 Å². The lowest BCUT2D eigenvalue weighted by atomic mass is 10.4. The Morgan fingerprint density at radius 2 is 2.18 bits per heavy atom. The molecule has 2 aromatic heterocycles. The van der Waals surface area contributed by atoms with E-state index in [1.807, 2.05) is 6.92 Å². The number of carbonyl (C=O) groups is 1. The first-order valence-corrected chi connectivity index (χ1v) is 6.68. The highest BCUT2D eigenvalue weighted by Gasteiger charge is 2.12. The van der Waals surface area contributed by atoms with E-state index < -0.39 is 16.4 Å². The summed E-state index contributed by atoms with van der Waals surface area (Å²) in [6.07, 6.45) is 3.46. The minimum Gasteiger partial charge on any atom is -0.309 e. The first-order chi connectivity index (χ1) is 10.5. The zero-order chi connectivity index (χ0) is 16.1. The lowest BCUT2D eigenvalue weighted by molar-refractivity contribution is -0.385. The average molecular weight is 305 g/mol. The second kappa shape index (κ2) is 6.66. The topological polar surface area (TPSA) is 112 Å². The van der Waals surface area contributed by atoms with Gasteiger partial charge in [-0.3, -0.25) is 24.3 Å². The smallest absolute Gasteiger partial charge is 0.285 e. The maximum Gasteiger partial charge on any atom is 0.285 e. The Kier molecular flexibility index (Phi) is 4.66. The van der Waals surface area contributed by atoms with Gasteiger partial charge in [-0.1, -0.05) is 6.92 Å². The van der Waals surface area contributed by atoms with E-state index in [0.717, 1.165) is 29.3 Å². The van der Waals surface area contributed by atoms with E-state index in [-0.39, 0.29) is 12.2 Å². The Bertz CT molecular complexity index is 749. The van der Waals surface area contributed by atoms with Crippen LogP contribution < -0.4 is 10.9 Å². The molecule has 0 radical (unpaired) electrons. The summed E-state index contributed by atoms with van der Waals surface area (Å²) in [6.45, 7) is 2.33. The van der Waals surface area contributed by atoms with Crippen molar-refractivity contribution in [3.8, 4) is 0 Å². The summed E-state index contributed by atoms with van der Waals surface area (Å²) in [5, 5.41) is 17.4. The maximum absolute atomic E-state index is 12.0. The number of nitrogens with one attached hydrogen (secondary N) is 1. The molecule has 0 spiro atoms. The molecule has 116 valence electrons. The van der Waals surface area contributed by atoms with Crippen molar-refractivity contribution >= 4 is 17.4 Å². The fourth-order valence-corrected chi connectivity index (χ4v) is 1.92. The lowest BCUT2D eigenvalue weighted by Crippen LogP contribution is -2.27. The standard InChI is InChI=1S/C13H15N5O4/c1-2-7-17-11(5-6-14-17)15-12(19)9-16-8-10(18(21)22)3-4-13(16)20/h3-6,8H,2,7,9H2,1H3,(H,15,19). The van der Waals surface area contributed by atoms with Crippen LogP contribution in [0.25, 0.3) is 0 Å². The largest absolute Gasteiger partial charge is 0.309 e. The molecule has 0 saturated carbocycles. The molecule has 2 rings (SSSR count). The van der Waals surface area contributed by atoms with Crippen LogP contribution in [0.2, 0.25) is 0 Å². The zero-order valence-electron chi connectivity index (χ0n) is 11.9. The third-order valence-corrected chi connectivity index (χ3v) is 2.91. The summed E-state index contributed by atoms with van der Waals surface area (Å²) in [4.78, 5) is 33.7. The SMILES string of the molecule is CCCn1nccc1NC(=O)Cn1cc([N+](=O)[O-])ccc1=O. The number of amides is 1. The number of nitrogens with zero attached hydrogens (tertiary/aromatic N) is 4. The molecule has 0 aliphatic rings. The van der Waals surface area contributed by atoms with Gasteiger partial charge in [-0.15, -0.1) is 0 Å². The molecule has 0 aliphatic carbocycles. The van der Waals surface area contributed by atoms with Crippen LogP contribution in [0.4, 0.5) is 11.5 Å². The van der Waals surface area contributed by atoms with Gasteiger partial charge >= 0.3 is 0 Å². The molecule has 0 saturated heterocycles. The van der Waals surface area contributed by atoms with Crippen molar-refractivity contribution < 1.29 is 9.72 Å². The number of anilines is 1. The molecule has 2 aromatic rings. The molecule has 0 unspecified atom stereocenters. The van der Waals surface area contributed by atoms with Crippen LogP contribution in [0.3, 0.4) is 0 Å². The molecule has 0 aromatic carbocycles. The summed E-state index contributed by atoms with van der Waals surface area (Å²) in [6, 6.07) is 3.81. The number of nitro groups is 1. The summed E-state index contributed by atoms with van der Waals surface area (Å²) in [5.41, 5.74) is -0.730. The number of aromatic nitrogens is 3. The van der Waals surface area contributed by atoms with Crippen molar-refractivity contribution in [2.24, 2.45) is 0 Å². The van der Waals surface area contributed by atoms with Crippen LogP contribution in [0.1, 0.15) is 13.3 Å². The molecule has 9 heteroatoms. The van der Waals surface area contributed by atoms with Gasteiger partial charge < -0.3 is 5.32 Å². The zero-order valence-corrected chi connectivity index (χ0v) is 11.9. The highest BCUT2D eigenvalue weighted by atomic mass is 16.6. The summed E-state index contributed by atoms with van der Waals surface area (Å²) in [7, 11) is 0. The highest BCUT2D eigenvalue weighted by Crippen LogP contribution is 2.08. The van der Waals surface area contributed by atoms with E-state index in [9.17, 15) is 19.7 Å². The van der Waals surface area contributed by atoms with E-state index in [1.54, 1.807) is 16.9 Å². The summed E-state index contributed by atoms with van der Waals surface area (Å²) >= 11 is 0. The number of pyridine rings is 1. The Labute approximate surface area is 125 Å². The van der Waals surface area contributed by atoms with E-state index in [0.29, 0.717) is 12.4 Å². The molecule has 2 heterocycles. The normalized spacial score (nSPS) is 10.4. The van der Waals surface area contributed by atoms with E-state index >= 15 is 0 Å². The number of hydrogen-bond acceptors (Lipinski definition) is 5. The van der Waals surface area contributed by atoms with Crippen molar-refractivity contribution in [2.45, 2.75) is 26.4 Å². The van der Waals surface area contributed by atoms with Gasteiger partial charge in [-0.25, -0.2) is 4.68 Å². The van der Waals surface area contributed by atoms with E-state index in [1.165, 1.54) is 0 Å². The predicted octanol–water partition coefficient (Wildman–Crippen LogP) is 1.00. The van der Waals surface area contributed by atoms with Crippen LogP contribution in [0.15, 0.2) is 35.4 Å². The predicted molar refractivity (Wildman–Crippen MR) is 78.5 cm³/mol. The van der Waals surface area contributed by atoms with Crippen LogP contribution in [-0.4, -0.2) is 25.2 Å². The van der Waals surface area contributed by atoms with Crippen LogP contribution in [-0.2, 0) is 17.9 Å². The lowest BCUT2D eigenvalue weighted by Gasteiger charge is -2.09. The fourth-order valence-electron chi connectivity index (χ4n) is 1.92. The molecule has 22 heavy (non-hydrogen) atoms. The van der Waals surface area contributed by atoms with Crippen LogP contribution in [0.5, 0.6) is 0 Å². The van der Waals surface area contributed by atoms with E-state index in [4.69, 9.17) is 0 Å². The van der Waals surface area contributed by atoms with Gasteiger partial charge in [0.2, 0.25) is 5.91 Å². The third kappa shape index (κ3) is 3.57. The minimum absolute atomic E-state index is 0.247. The van der Waals surface area contributed by atoms with Crippen molar-refractivity contribution in [1.82, 2.24) is 14.3 Å². The highest BCUT2D eigenvalue weighted by molar-refractivity contribution is 5.89. The molecular weight excluding hydrogens is 290 g/mol. The molecule has 0 aliphatic heterocycles. The second-order valence-electron chi connectivity index (χ2n) is 4.60. The quantitative estimate of drug-likeness (QED) is 0.632. The minimum atomic E-state index is -0.621. The van der Waals surface area contributed by atoms with Gasteiger partial charge in [0.25, 0.3) is 11.2 Å². The van der Waals surface area contributed by atoms with Gasteiger partial charge in [0.1, 0.15) is 12.4 Å². The van der Waals surface area contributed by atoms with Gasteiger partial charge in [0, 0.05) is 24.7 Å². The van der Waals surface area contributed by atoms with Gasteiger partial charge in [-0.05, 0) is 6.42 Å². The first kappa shape index (κ1) is 15.4. The molecule has 9 nitrogen and oxygen atoms in total. The van der Waals surface area contributed by atoms with Crippen LogP contribution in [0, 0.1) is 10.1 Å². The van der Waals surface area contributed by atoms with Crippen molar-refractivity contribution in [3.05, 3.63) is 51.1 Å².